The Bertz CT molecular complexity index is 607. The predicted octanol–water partition coefficient (Wildman–Crippen LogP) is 2.30. The minimum atomic E-state index is 0.140. The van der Waals surface area contributed by atoms with E-state index in [2.05, 4.69) is 21.8 Å². The highest BCUT2D eigenvalue weighted by Gasteiger charge is 2.32. The Balaban J connectivity index is 1.80. The van der Waals surface area contributed by atoms with E-state index in [1.165, 1.54) is 0 Å². The molecule has 21 heavy (non-hydrogen) atoms. The Morgan fingerprint density at radius 1 is 1.48 bits per heavy atom. The number of carbonyl (C=O) groups is 1. The second kappa shape index (κ2) is 5.99. The van der Waals surface area contributed by atoms with Crippen molar-refractivity contribution in [2.45, 2.75) is 19.9 Å². The summed E-state index contributed by atoms with van der Waals surface area (Å²) in [5.74, 6) is 1.08. The van der Waals surface area contributed by atoms with Crippen molar-refractivity contribution in [2.75, 3.05) is 26.2 Å². The molecule has 3 rings (SSSR count). The van der Waals surface area contributed by atoms with Crippen molar-refractivity contribution in [1.29, 1.82) is 0 Å². The molecule has 1 N–H and O–H groups in total. The summed E-state index contributed by atoms with van der Waals surface area (Å²) in [6.07, 6.45) is 3.61. The summed E-state index contributed by atoms with van der Waals surface area (Å²) in [6, 6.07) is 0.154. The average molecular weight is 304 g/mol. The van der Waals surface area contributed by atoms with Gasteiger partial charge in [0.25, 0.3) is 5.91 Å². The molecular formula is C15H20N4OS. The maximum absolute atomic E-state index is 12.7. The van der Waals surface area contributed by atoms with Crippen molar-refractivity contribution in [3.63, 3.8) is 0 Å². The van der Waals surface area contributed by atoms with E-state index in [1.54, 1.807) is 17.5 Å². The van der Waals surface area contributed by atoms with Gasteiger partial charge in [0.1, 0.15) is 5.82 Å². The number of hydrogen-bond acceptors (Lipinski definition) is 4. The number of thiophene rings is 1. The monoisotopic (exact) mass is 304 g/mol. The number of H-pyrrole nitrogens is 1. The van der Waals surface area contributed by atoms with E-state index >= 15 is 0 Å². The highest BCUT2D eigenvalue weighted by molar-refractivity contribution is 7.08. The van der Waals surface area contributed by atoms with Crippen LogP contribution in [0.4, 0.5) is 0 Å². The molecule has 5 nitrogen and oxygen atoms in total. The average Bonchev–Trinajstić information content (AvgIpc) is 3.17. The molecule has 1 amide bonds. The zero-order valence-corrected chi connectivity index (χ0v) is 13.2. The lowest BCUT2D eigenvalue weighted by atomic mass is 10.1. The third-order valence-electron chi connectivity index (χ3n) is 4.11. The molecule has 1 unspecified atom stereocenters. The number of rotatable bonds is 3. The number of nitrogens with one attached hydrogen (secondary N) is 1. The van der Waals surface area contributed by atoms with Gasteiger partial charge in [0, 0.05) is 37.4 Å². The molecule has 0 radical (unpaired) electrons. The number of hydrogen-bond donors (Lipinski definition) is 1. The molecule has 2 aromatic heterocycles. The van der Waals surface area contributed by atoms with Crippen molar-refractivity contribution in [3.05, 3.63) is 40.1 Å². The number of amides is 1. The van der Waals surface area contributed by atoms with Gasteiger partial charge in [0.2, 0.25) is 0 Å². The SMILES string of the molecule is CCN1CCN(C(=O)c2cscc2C)CC1c1ncc[nH]1. The second-order valence-corrected chi connectivity index (χ2v) is 6.08. The van der Waals surface area contributed by atoms with Crippen LogP contribution < -0.4 is 0 Å². The predicted molar refractivity (Wildman–Crippen MR) is 83.5 cm³/mol. The molecule has 1 fully saturated rings. The lowest BCUT2D eigenvalue weighted by molar-refractivity contribution is 0.0479. The molecule has 1 aliphatic heterocycles. The van der Waals surface area contributed by atoms with Crippen LogP contribution in [0.15, 0.2) is 23.2 Å². The summed E-state index contributed by atoms with van der Waals surface area (Å²) >= 11 is 1.59. The van der Waals surface area contributed by atoms with E-state index in [0.29, 0.717) is 6.54 Å². The number of aromatic amines is 1. The smallest absolute Gasteiger partial charge is 0.255 e. The fraction of sp³-hybridized carbons (Fsp3) is 0.467. The number of aromatic nitrogens is 2. The Labute approximate surface area is 128 Å². The molecular weight excluding hydrogens is 284 g/mol. The van der Waals surface area contributed by atoms with Crippen LogP contribution in [0.3, 0.4) is 0 Å². The molecule has 0 bridgehead atoms. The van der Waals surface area contributed by atoms with Crippen molar-refractivity contribution in [3.8, 4) is 0 Å². The summed E-state index contributed by atoms with van der Waals surface area (Å²) in [5, 5.41) is 3.98. The van der Waals surface area contributed by atoms with Gasteiger partial charge in [-0.3, -0.25) is 9.69 Å². The summed E-state index contributed by atoms with van der Waals surface area (Å²) in [7, 11) is 0. The van der Waals surface area contributed by atoms with Crippen LogP contribution in [-0.2, 0) is 0 Å². The molecule has 2 aromatic rings. The molecule has 0 aromatic carbocycles. The first kappa shape index (κ1) is 14.3. The highest BCUT2D eigenvalue weighted by atomic mass is 32.1. The second-order valence-electron chi connectivity index (χ2n) is 5.34. The number of imidazole rings is 1. The zero-order valence-electron chi connectivity index (χ0n) is 12.4. The first-order chi connectivity index (χ1) is 10.2. The van der Waals surface area contributed by atoms with E-state index in [0.717, 1.165) is 36.6 Å². The first-order valence-electron chi connectivity index (χ1n) is 7.26. The van der Waals surface area contributed by atoms with Gasteiger partial charge in [0.05, 0.1) is 11.6 Å². The Morgan fingerprint density at radius 3 is 2.95 bits per heavy atom. The van der Waals surface area contributed by atoms with E-state index < -0.39 is 0 Å². The summed E-state index contributed by atoms with van der Waals surface area (Å²) in [4.78, 5) is 24.6. The van der Waals surface area contributed by atoms with Gasteiger partial charge in [0.15, 0.2) is 0 Å². The van der Waals surface area contributed by atoms with E-state index in [-0.39, 0.29) is 11.9 Å². The molecule has 0 saturated carbocycles. The quantitative estimate of drug-likeness (QED) is 0.946. The number of aryl methyl sites for hydroxylation is 1. The topological polar surface area (TPSA) is 52.2 Å². The Morgan fingerprint density at radius 2 is 2.33 bits per heavy atom. The van der Waals surface area contributed by atoms with Crippen molar-refractivity contribution >= 4 is 17.2 Å². The molecule has 1 atom stereocenters. The van der Waals surface area contributed by atoms with Crippen LogP contribution in [-0.4, -0.2) is 51.9 Å². The fourth-order valence-electron chi connectivity index (χ4n) is 2.85. The lowest BCUT2D eigenvalue weighted by Crippen LogP contribution is -2.50. The number of nitrogens with zero attached hydrogens (tertiary/aromatic N) is 3. The molecule has 0 aliphatic carbocycles. The van der Waals surface area contributed by atoms with Crippen LogP contribution in [0.25, 0.3) is 0 Å². The van der Waals surface area contributed by atoms with Gasteiger partial charge in [-0.05, 0) is 24.4 Å². The number of likely N-dealkylation sites (N-methyl/N-ethyl adjacent to an activating group) is 1. The van der Waals surface area contributed by atoms with Gasteiger partial charge < -0.3 is 9.88 Å². The zero-order chi connectivity index (χ0) is 14.8. The van der Waals surface area contributed by atoms with Crippen molar-refractivity contribution < 1.29 is 4.79 Å². The van der Waals surface area contributed by atoms with Crippen LogP contribution in [0.1, 0.15) is 34.7 Å². The molecule has 1 saturated heterocycles. The van der Waals surface area contributed by atoms with Crippen LogP contribution in [0.5, 0.6) is 0 Å². The van der Waals surface area contributed by atoms with Gasteiger partial charge in [-0.15, -0.1) is 0 Å². The molecule has 0 spiro atoms. The van der Waals surface area contributed by atoms with E-state index in [9.17, 15) is 4.79 Å². The van der Waals surface area contributed by atoms with Gasteiger partial charge in [-0.1, -0.05) is 6.92 Å². The molecule has 3 heterocycles. The van der Waals surface area contributed by atoms with Crippen LogP contribution in [0, 0.1) is 6.92 Å². The largest absolute Gasteiger partial charge is 0.347 e. The maximum atomic E-state index is 12.7. The Kier molecular flexibility index (Phi) is 4.07. The van der Waals surface area contributed by atoms with E-state index in [1.807, 2.05) is 28.8 Å². The first-order valence-corrected chi connectivity index (χ1v) is 8.20. The number of piperazine rings is 1. The van der Waals surface area contributed by atoms with Gasteiger partial charge in [-0.25, -0.2) is 4.98 Å². The fourth-order valence-corrected chi connectivity index (χ4v) is 3.67. The van der Waals surface area contributed by atoms with E-state index in [4.69, 9.17) is 0 Å². The van der Waals surface area contributed by atoms with Gasteiger partial charge >= 0.3 is 0 Å². The summed E-state index contributed by atoms with van der Waals surface area (Å²) < 4.78 is 0. The summed E-state index contributed by atoms with van der Waals surface area (Å²) in [6.45, 7) is 7.46. The Hall–Kier alpha value is -1.66. The van der Waals surface area contributed by atoms with Crippen molar-refractivity contribution in [2.24, 2.45) is 0 Å². The molecule has 112 valence electrons. The number of carbonyl (C=O) groups excluding carboxylic acids is 1. The lowest BCUT2D eigenvalue weighted by Gasteiger charge is -2.40. The standard InChI is InChI=1S/C15H20N4OS/c1-3-18-6-7-19(8-13(18)14-16-4-5-17-14)15(20)12-10-21-9-11(12)2/h4-5,9-10,13H,3,6-8H2,1-2H3,(H,16,17). The third-order valence-corrected chi connectivity index (χ3v) is 4.97. The molecule has 6 heteroatoms. The normalized spacial score (nSPS) is 19.9. The minimum Gasteiger partial charge on any atom is -0.347 e. The maximum Gasteiger partial charge on any atom is 0.255 e. The minimum absolute atomic E-state index is 0.140. The van der Waals surface area contributed by atoms with Crippen LogP contribution >= 0.6 is 11.3 Å². The third kappa shape index (κ3) is 2.73. The summed E-state index contributed by atoms with van der Waals surface area (Å²) in [5.41, 5.74) is 1.90. The van der Waals surface area contributed by atoms with Crippen molar-refractivity contribution in [1.82, 2.24) is 19.8 Å². The molecule has 1 aliphatic rings. The van der Waals surface area contributed by atoms with Crippen LogP contribution in [0.2, 0.25) is 0 Å². The highest BCUT2D eigenvalue weighted by Crippen LogP contribution is 2.25. The van der Waals surface area contributed by atoms with Gasteiger partial charge in [-0.2, -0.15) is 11.3 Å².